The van der Waals surface area contributed by atoms with Gasteiger partial charge in [0.2, 0.25) is 0 Å². The number of ether oxygens (including phenoxy) is 2. The van der Waals surface area contributed by atoms with Crippen LogP contribution in [-0.2, 0) is 9.53 Å². The van der Waals surface area contributed by atoms with Crippen molar-refractivity contribution in [3.05, 3.63) is 60.2 Å². The maximum Gasteiger partial charge on any atom is 0.338 e. The lowest BCUT2D eigenvalue weighted by Crippen LogP contribution is -2.20. The van der Waals surface area contributed by atoms with E-state index >= 15 is 0 Å². The van der Waals surface area contributed by atoms with Crippen molar-refractivity contribution in [2.75, 3.05) is 18.5 Å². The van der Waals surface area contributed by atoms with Crippen LogP contribution in [-0.4, -0.2) is 25.1 Å². The summed E-state index contributed by atoms with van der Waals surface area (Å²) in [5.41, 5.74) is 1.03. The monoisotopic (exact) mass is 299 g/mol. The number of esters is 1. The number of benzene rings is 2. The highest BCUT2D eigenvalue weighted by atomic mass is 16.5. The molecule has 0 saturated heterocycles. The predicted molar refractivity (Wildman–Crippen MR) is 83.0 cm³/mol. The molecule has 0 radical (unpaired) electrons. The summed E-state index contributed by atoms with van der Waals surface area (Å²) >= 11 is 0. The van der Waals surface area contributed by atoms with E-state index in [4.69, 9.17) is 9.47 Å². The van der Waals surface area contributed by atoms with Gasteiger partial charge in [0.05, 0.1) is 12.2 Å². The summed E-state index contributed by atoms with van der Waals surface area (Å²) < 4.78 is 10.3. The van der Waals surface area contributed by atoms with Gasteiger partial charge in [-0.15, -0.1) is 0 Å². The lowest BCUT2D eigenvalue weighted by molar-refractivity contribution is -0.119. The van der Waals surface area contributed by atoms with E-state index in [1.807, 2.05) is 6.92 Å². The van der Waals surface area contributed by atoms with E-state index in [0.29, 0.717) is 17.9 Å². The normalized spacial score (nSPS) is 9.86. The highest BCUT2D eigenvalue weighted by molar-refractivity contribution is 5.95. The molecule has 0 saturated carbocycles. The van der Waals surface area contributed by atoms with Crippen molar-refractivity contribution < 1.29 is 19.1 Å². The molecule has 22 heavy (non-hydrogen) atoms. The van der Waals surface area contributed by atoms with Gasteiger partial charge in [0.1, 0.15) is 5.75 Å². The van der Waals surface area contributed by atoms with Crippen LogP contribution in [0.3, 0.4) is 0 Å². The van der Waals surface area contributed by atoms with Crippen LogP contribution in [0.1, 0.15) is 17.3 Å². The molecule has 0 fully saturated rings. The van der Waals surface area contributed by atoms with Crippen molar-refractivity contribution in [2.45, 2.75) is 6.92 Å². The minimum Gasteiger partial charge on any atom is -0.494 e. The van der Waals surface area contributed by atoms with Crippen LogP contribution in [0.15, 0.2) is 54.6 Å². The van der Waals surface area contributed by atoms with E-state index in [-0.39, 0.29) is 6.61 Å². The van der Waals surface area contributed by atoms with E-state index in [1.54, 1.807) is 54.6 Å². The highest BCUT2D eigenvalue weighted by Gasteiger charge is 2.09. The van der Waals surface area contributed by atoms with Gasteiger partial charge in [0.25, 0.3) is 5.91 Å². The van der Waals surface area contributed by atoms with Gasteiger partial charge in [0, 0.05) is 5.69 Å². The Bertz CT molecular complexity index is 623. The molecule has 0 bridgehead atoms. The van der Waals surface area contributed by atoms with Crippen LogP contribution in [0.4, 0.5) is 5.69 Å². The van der Waals surface area contributed by atoms with Gasteiger partial charge in [-0.1, -0.05) is 18.2 Å². The Hall–Kier alpha value is -2.82. The van der Waals surface area contributed by atoms with Gasteiger partial charge in [0.15, 0.2) is 6.61 Å². The summed E-state index contributed by atoms with van der Waals surface area (Å²) in [5.74, 6) is -0.188. The second kappa shape index (κ2) is 7.83. The van der Waals surface area contributed by atoms with E-state index in [2.05, 4.69) is 5.32 Å². The second-order valence-electron chi connectivity index (χ2n) is 4.45. The van der Waals surface area contributed by atoms with Gasteiger partial charge in [-0.25, -0.2) is 4.79 Å². The van der Waals surface area contributed by atoms with E-state index in [1.165, 1.54) is 0 Å². The molecular weight excluding hydrogens is 282 g/mol. The average molecular weight is 299 g/mol. The van der Waals surface area contributed by atoms with Crippen molar-refractivity contribution in [3.8, 4) is 5.75 Å². The Morgan fingerprint density at radius 3 is 2.32 bits per heavy atom. The Morgan fingerprint density at radius 2 is 1.68 bits per heavy atom. The molecule has 2 rings (SSSR count). The van der Waals surface area contributed by atoms with Crippen molar-refractivity contribution in [3.63, 3.8) is 0 Å². The van der Waals surface area contributed by atoms with Crippen LogP contribution < -0.4 is 10.1 Å². The zero-order chi connectivity index (χ0) is 15.8. The maximum absolute atomic E-state index is 11.7. The first-order valence-electron chi connectivity index (χ1n) is 6.94. The fourth-order valence-electron chi connectivity index (χ4n) is 1.79. The first-order valence-corrected chi connectivity index (χ1v) is 6.94. The third kappa shape index (κ3) is 4.63. The number of hydrogen-bond donors (Lipinski definition) is 1. The highest BCUT2D eigenvalue weighted by Crippen LogP contribution is 2.15. The van der Waals surface area contributed by atoms with Crippen molar-refractivity contribution in [1.29, 1.82) is 0 Å². The molecule has 0 unspecified atom stereocenters. The molecule has 1 amide bonds. The zero-order valence-corrected chi connectivity index (χ0v) is 12.2. The first-order chi connectivity index (χ1) is 10.7. The zero-order valence-electron chi connectivity index (χ0n) is 12.2. The van der Waals surface area contributed by atoms with Crippen molar-refractivity contribution in [1.82, 2.24) is 0 Å². The fraction of sp³-hybridized carbons (Fsp3) is 0.176. The molecule has 2 aromatic carbocycles. The molecule has 0 atom stereocenters. The molecule has 0 aliphatic rings. The van der Waals surface area contributed by atoms with Gasteiger partial charge < -0.3 is 14.8 Å². The molecule has 0 spiro atoms. The topological polar surface area (TPSA) is 64.6 Å². The fourth-order valence-corrected chi connectivity index (χ4v) is 1.79. The maximum atomic E-state index is 11.7. The Morgan fingerprint density at radius 1 is 1.00 bits per heavy atom. The summed E-state index contributed by atoms with van der Waals surface area (Å²) in [5, 5.41) is 2.65. The summed E-state index contributed by atoms with van der Waals surface area (Å²) in [7, 11) is 0. The standard InChI is InChI=1S/C17H17NO4/c1-2-21-15-10-8-14(9-11-15)18-16(19)12-22-17(20)13-6-4-3-5-7-13/h3-11H,2,12H2,1H3,(H,18,19). The van der Waals surface area contributed by atoms with E-state index in [0.717, 1.165) is 5.75 Å². The largest absolute Gasteiger partial charge is 0.494 e. The molecule has 1 N–H and O–H groups in total. The molecule has 5 heteroatoms. The second-order valence-corrected chi connectivity index (χ2v) is 4.45. The van der Waals surface area contributed by atoms with Gasteiger partial charge in [-0.2, -0.15) is 0 Å². The van der Waals surface area contributed by atoms with Crippen LogP contribution >= 0.6 is 0 Å². The summed E-state index contributed by atoms with van der Waals surface area (Å²) in [6.45, 7) is 2.15. The number of rotatable bonds is 6. The third-order valence-electron chi connectivity index (χ3n) is 2.79. The van der Waals surface area contributed by atoms with Crippen LogP contribution in [0.5, 0.6) is 5.75 Å². The molecule has 2 aromatic rings. The van der Waals surface area contributed by atoms with Crippen LogP contribution in [0.25, 0.3) is 0 Å². The van der Waals surface area contributed by atoms with Crippen molar-refractivity contribution in [2.24, 2.45) is 0 Å². The SMILES string of the molecule is CCOc1ccc(NC(=O)COC(=O)c2ccccc2)cc1. The third-order valence-corrected chi connectivity index (χ3v) is 2.79. The molecule has 0 aromatic heterocycles. The quantitative estimate of drug-likeness (QED) is 0.833. The Labute approximate surface area is 128 Å². The van der Waals surface area contributed by atoms with E-state index in [9.17, 15) is 9.59 Å². The van der Waals surface area contributed by atoms with Gasteiger partial charge in [-0.3, -0.25) is 4.79 Å². The summed E-state index contributed by atoms with van der Waals surface area (Å²) in [4.78, 5) is 23.4. The molecular formula is C17H17NO4. The lowest BCUT2D eigenvalue weighted by atomic mass is 10.2. The average Bonchev–Trinajstić information content (AvgIpc) is 2.55. The predicted octanol–water partition coefficient (Wildman–Crippen LogP) is 2.88. The Kier molecular flexibility index (Phi) is 5.54. The minimum absolute atomic E-state index is 0.332. The Balaban J connectivity index is 1.81. The smallest absolute Gasteiger partial charge is 0.338 e. The van der Waals surface area contributed by atoms with Gasteiger partial charge in [-0.05, 0) is 43.3 Å². The van der Waals surface area contributed by atoms with Gasteiger partial charge >= 0.3 is 5.97 Å². The minimum atomic E-state index is -0.526. The molecule has 114 valence electrons. The lowest BCUT2D eigenvalue weighted by Gasteiger charge is -2.08. The number of nitrogens with one attached hydrogen (secondary N) is 1. The number of amides is 1. The summed E-state index contributed by atoms with van der Waals surface area (Å²) in [6.07, 6.45) is 0. The van der Waals surface area contributed by atoms with Crippen molar-refractivity contribution >= 4 is 17.6 Å². The number of carbonyl (C=O) groups is 2. The van der Waals surface area contributed by atoms with Crippen LogP contribution in [0, 0.1) is 0 Å². The number of carbonyl (C=O) groups excluding carboxylic acids is 2. The molecule has 0 heterocycles. The molecule has 5 nitrogen and oxygen atoms in total. The van der Waals surface area contributed by atoms with E-state index < -0.39 is 11.9 Å². The number of anilines is 1. The molecule has 0 aliphatic heterocycles. The summed E-state index contributed by atoms with van der Waals surface area (Å²) in [6, 6.07) is 15.5. The van der Waals surface area contributed by atoms with Crippen LogP contribution in [0.2, 0.25) is 0 Å². The number of hydrogen-bond acceptors (Lipinski definition) is 4. The first kappa shape index (κ1) is 15.6. The molecule has 0 aliphatic carbocycles.